The van der Waals surface area contributed by atoms with Crippen molar-refractivity contribution in [3.05, 3.63) is 70.7 Å². The van der Waals surface area contributed by atoms with E-state index in [1.807, 2.05) is 6.07 Å². The molecule has 2 rings (SSSR count). The number of hydrogen-bond acceptors (Lipinski definition) is 3. The first-order chi connectivity index (χ1) is 13.0. The van der Waals surface area contributed by atoms with Crippen LogP contribution in [-0.4, -0.2) is 30.8 Å². The van der Waals surface area contributed by atoms with E-state index in [0.29, 0.717) is 23.7 Å². The molecule has 0 fully saturated rings. The maximum Gasteiger partial charge on any atom is 0.251 e. The van der Waals surface area contributed by atoms with Gasteiger partial charge in [0.15, 0.2) is 0 Å². The molecule has 0 heterocycles. The highest BCUT2D eigenvalue weighted by atomic mass is 35.5. The Bertz CT molecular complexity index is 779. The van der Waals surface area contributed by atoms with Gasteiger partial charge >= 0.3 is 0 Å². The fourth-order valence-electron chi connectivity index (χ4n) is 2.52. The second-order valence-corrected chi connectivity index (χ2v) is 6.42. The third-order valence-electron chi connectivity index (χ3n) is 3.81. The van der Waals surface area contributed by atoms with E-state index in [0.717, 1.165) is 5.56 Å². The zero-order chi connectivity index (χ0) is 19.6. The normalized spacial score (nSPS) is 11.3. The van der Waals surface area contributed by atoms with Gasteiger partial charge in [-0.25, -0.2) is 0 Å². The largest absolute Gasteiger partial charge is 0.354 e. The SMILES string of the molecule is CC(=O)NC(CC(=O)NCCNC(=O)c1ccccc1)c1ccc(Cl)cc1. The number of carbonyl (C=O) groups excluding carboxylic acids is 3. The van der Waals surface area contributed by atoms with Crippen molar-refractivity contribution in [3.8, 4) is 0 Å². The molecule has 0 aromatic heterocycles. The molecule has 3 amide bonds. The van der Waals surface area contributed by atoms with Crippen LogP contribution in [-0.2, 0) is 9.59 Å². The molecule has 0 saturated carbocycles. The third-order valence-corrected chi connectivity index (χ3v) is 4.06. The highest BCUT2D eigenvalue weighted by Gasteiger charge is 2.17. The van der Waals surface area contributed by atoms with Crippen molar-refractivity contribution in [2.45, 2.75) is 19.4 Å². The van der Waals surface area contributed by atoms with Crippen molar-refractivity contribution in [2.24, 2.45) is 0 Å². The molecule has 0 spiro atoms. The van der Waals surface area contributed by atoms with Crippen LogP contribution in [0.3, 0.4) is 0 Å². The predicted molar refractivity (Wildman–Crippen MR) is 104 cm³/mol. The third kappa shape index (κ3) is 7.11. The van der Waals surface area contributed by atoms with Gasteiger partial charge in [0.05, 0.1) is 12.5 Å². The summed E-state index contributed by atoms with van der Waals surface area (Å²) in [4.78, 5) is 35.5. The van der Waals surface area contributed by atoms with Crippen LogP contribution in [0.5, 0.6) is 0 Å². The summed E-state index contributed by atoms with van der Waals surface area (Å²) in [6, 6.07) is 15.4. The zero-order valence-electron chi connectivity index (χ0n) is 15.0. The average molecular weight is 388 g/mol. The Morgan fingerprint density at radius 1 is 0.926 bits per heavy atom. The molecule has 6 nitrogen and oxygen atoms in total. The highest BCUT2D eigenvalue weighted by Crippen LogP contribution is 2.19. The van der Waals surface area contributed by atoms with Crippen molar-refractivity contribution in [1.29, 1.82) is 0 Å². The van der Waals surface area contributed by atoms with E-state index >= 15 is 0 Å². The molecule has 1 atom stereocenters. The van der Waals surface area contributed by atoms with Crippen LogP contribution in [0, 0.1) is 0 Å². The first-order valence-corrected chi connectivity index (χ1v) is 8.96. The van der Waals surface area contributed by atoms with Crippen molar-refractivity contribution in [3.63, 3.8) is 0 Å². The molecule has 0 aliphatic heterocycles. The Labute approximate surface area is 163 Å². The maximum absolute atomic E-state index is 12.2. The van der Waals surface area contributed by atoms with Gasteiger partial charge in [-0.2, -0.15) is 0 Å². The average Bonchev–Trinajstić information content (AvgIpc) is 2.65. The minimum absolute atomic E-state index is 0.0911. The number of amides is 3. The molecule has 7 heteroatoms. The number of carbonyl (C=O) groups is 3. The number of nitrogens with one attached hydrogen (secondary N) is 3. The molecule has 2 aromatic carbocycles. The summed E-state index contributed by atoms with van der Waals surface area (Å²) >= 11 is 5.88. The molecule has 3 N–H and O–H groups in total. The number of benzene rings is 2. The second-order valence-electron chi connectivity index (χ2n) is 5.98. The maximum atomic E-state index is 12.2. The van der Waals surface area contributed by atoms with Gasteiger partial charge in [0, 0.05) is 30.6 Å². The Balaban J connectivity index is 1.80. The van der Waals surface area contributed by atoms with Gasteiger partial charge in [-0.1, -0.05) is 41.9 Å². The van der Waals surface area contributed by atoms with Gasteiger partial charge < -0.3 is 16.0 Å². The summed E-state index contributed by atoms with van der Waals surface area (Å²) in [7, 11) is 0. The van der Waals surface area contributed by atoms with Crippen LogP contribution in [0.15, 0.2) is 54.6 Å². The van der Waals surface area contributed by atoms with Gasteiger partial charge in [-0.15, -0.1) is 0 Å². The van der Waals surface area contributed by atoms with E-state index in [4.69, 9.17) is 11.6 Å². The fraction of sp³-hybridized carbons (Fsp3) is 0.250. The van der Waals surface area contributed by atoms with E-state index < -0.39 is 6.04 Å². The summed E-state index contributed by atoms with van der Waals surface area (Å²) in [5.41, 5.74) is 1.36. The van der Waals surface area contributed by atoms with E-state index in [1.165, 1.54) is 6.92 Å². The van der Waals surface area contributed by atoms with Crippen molar-refractivity contribution < 1.29 is 14.4 Å². The van der Waals surface area contributed by atoms with Crippen LogP contribution in [0.25, 0.3) is 0 Å². The lowest BCUT2D eigenvalue weighted by atomic mass is 10.0. The van der Waals surface area contributed by atoms with Crippen molar-refractivity contribution >= 4 is 29.3 Å². The lowest BCUT2D eigenvalue weighted by molar-refractivity contribution is -0.122. The Morgan fingerprint density at radius 3 is 2.19 bits per heavy atom. The minimum Gasteiger partial charge on any atom is -0.354 e. The molecule has 142 valence electrons. The highest BCUT2D eigenvalue weighted by molar-refractivity contribution is 6.30. The number of rotatable bonds is 8. The van der Waals surface area contributed by atoms with Gasteiger partial charge in [-0.05, 0) is 29.8 Å². The minimum atomic E-state index is -0.446. The first-order valence-electron chi connectivity index (χ1n) is 8.58. The molecule has 2 aromatic rings. The Hall–Kier alpha value is -2.86. The lowest BCUT2D eigenvalue weighted by Gasteiger charge is -2.18. The molecule has 0 aliphatic rings. The summed E-state index contributed by atoms with van der Waals surface area (Å²) < 4.78 is 0. The van der Waals surface area contributed by atoms with Gasteiger partial charge in [-0.3, -0.25) is 14.4 Å². The summed E-state index contributed by atoms with van der Waals surface area (Å²) in [5, 5.41) is 8.83. The Morgan fingerprint density at radius 2 is 1.56 bits per heavy atom. The predicted octanol–water partition coefficient (Wildman–Crippen LogP) is 2.45. The molecular formula is C20H22ClN3O3. The van der Waals surface area contributed by atoms with Crippen molar-refractivity contribution in [2.75, 3.05) is 13.1 Å². The van der Waals surface area contributed by atoms with Crippen LogP contribution in [0.2, 0.25) is 5.02 Å². The van der Waals surface area contributed by atoms with Crippen LogP contribution in [0.1, 0.15) is 35.3 Å². The van der Waals surface area contributed by atoms with Gasteiger partial charge in [0.2, 0.25) is 11.8 Å². The zero-order valence-corrected chi connectivity index (χ0v) is 15.8. The molecular weight excluding hydrogens is 366 g/mol. The van der Waals surface area contributed by atoms with E-state index in [2.05, 4.69) is 16.0 Å². The fourth-order valence-corrected chi connectivity index (χ4v) is 2.65. The monoisotopic (exact) mass is 387 g/mol. The van der Waals surface area contributed by atoms with Crippen LogP contribution < -0.4 is 16.0 Å². The topological polar surface area (TPSA) is 87.3 Å². The molecule has 1 unspecified atom stereocenters. The van der Waals surface area contributed by atoms with Gasteiger partial charge in [0.25, 0.3) is 5.91 Å². The Kier molecular flexibility index (Phi) is 7.82. The summed E-state index contributed by atoms with van der Waals surface area (Å²) in [6.07, 6.45) is 0.0911. The number of hydrogen-bond donors (Lipinski definition) is 3. The molecule has 0 radical (unpaired) electrons. The van der Waals surface area contributed by atoms with Crippen LogP contribution in [0.4, 0.5) is 0 Å². The first kappa shape index (κ1) is 20.5. The molecule has 0 saturated heterocycles. The molecule has 27 heavy (non-hydrogen) atoms. The summed E-state index contributed by atoms with van der Waals surface area (Å²) in [6.45, 7) is 2.01. The standard InChI is InChI=1S/C20H22ClN3O3/c1-14(25)24-18(15-7-9-17(21)10-8-15)13-19(26)22-11-12-23-20(27)16-5-3-2-4-6-16/h2-10,18H,11-13H2,1H3,(H,22,26)(H,23,27)(H,24,25). The summed E-state index contributed by atoms with van der Waals surface area (Å²) in [5.74, 6) is -0.641. The van der Waals surface area contributed by atoms with E-state index in [9.17, 15) is 14.4 Å². The quantitative estimate of drug-likeness (QED) is 0.608. The second kappa shape index (κ2) is 10.3. The number of halogens is 1. The van der Waals surface area contributed by atoms with E-state index in [-0.39, 0.29) is 24.1 Å². The molecule has 0 aliphatic carbocycles. The van der Waals surface area contributed by atoms with Crippen molar-refractivity contribution in [1.82, 2.24) is 16.0 Å². The smallest absolute Gasteiger partial charge is 0.251 e. The lowest BCUT2D eigenvalue weighted by Crippen LogP contribution is -2.37. The van der Waals surface area contributed by atoms with Gasteiger partial charge in [0.1, 0.15) is 0 Å². The van der Waals surface area contributed by atoms with E-state index in [1.54, 1.807) is 48.5 Å². The molecule has 0 bridgehead atoms. The van der Waals surface area contributed by atoms with Crippen LogP contribution >= 0.6 is 11.6 Å².